The van der Waals surface area contributed by atoms with E-state index >= 15 is 0 Å². The van der Waals surface area contributed by atoms with Crippen LogP contribution < -0.4 is 0 Å². The van der Waals surface area contributed by atoms with Crippen LogP contribution in [0, 0.1) is 0 Å². The highest BCUT2D eigenvalue weighted by Gasteiger charge is 2.11. The number of hydrogen-bond acceptors (Lipinski definition) is 1. The van der Waals surface area contributed by atoms with Gasteiger partial charge in [0.2, 0.25) is 0 Å². The van der Waals surface area contributed by atoms with Crippen molar-refractivity contribution in [1.29, 1.82) is 0 Å². The smallest absolute Gasteiger partial charge is 0.120 e. The minimum absolute atomic E-state index is 0.132. The molecule has 70 valence electrons. The number of ether oxygens (including phenoxy) is 1. The summed E-state index contributed by atoms with van der Waals surface area (Å²) >= 11 is 0. The molecule has 0 fully saturated rings. The predicted molar refractivity (Wildman–Crippen MR) is 56.3 cm³/mol. The zero-order valence-corrected chi connectivity index (χ0v) is 8.45. The van der Waals surface area contributed by atoms with E-state index in [1.54, 1.807) is 0 Å². The molecule has 1 heteroatoms. The van der Waals surface area contributed by atoms with Crippen LogP contribution in [0.25, 0.3) is 0 Å². The molecule has 0 atom stereocenters. The lowest BCUT2D eigenvalue weighted by Gasteiger charge is -2.21. The van der Waals surface area contributed by atoms with Gasteiger partial charge in [-0.2, -0.15) is 0 Å². The first kappa shape index (κ1) is 9.85. The Kier molecular flexibility index (Phi) is 3.13. The molecule has 0 unspecified atom stereocenters. The second-order valence-electron chi connectivity index (χ2n) is 3.91. The highest BCUT2D eigenvalue weighted by atomic mass is 16.5. The molecule has 0 aromatic heterocycles. The third-order valence-electron chi connectivity index (χ3n) is 1.39. The average Bonchev–Trinajstić information content (AvgIpc) is 1.92. The van der Waals surface area contributed by atoms with E-state index in [0.717, 1.165) is 5.76 Å². The Morgan fingerprint density at radius 2 is 1.54 bits per heavy atom. The molecule has 0 aromatic rings. The van der Waals surface area contributed by atoms with E-state index in [9.17, 15) is 0 Å². The van der Waals surface area contributed by atoms with Gasteiger partial charge in [0, 0.05) is 0 Å². The van der Waals surface area contributed by atoms with E-state index in [1.807, 2.05) is 63.3 Å². The van der Waals surface area contributed by atoms with Gasteiger partial charge in [-0.25, -0.2) is 0 Å². The van der Waals surface area contributed by atoms with E-state index in [0.29, 0.717) is 0 Å². The molecule has 0 heterocycles. The van der Waals surface area contributed by atoms with Crippen LogP contribution in [0.5, 0.6) is 0 Å². The van der Waals surface area contributed by atoms with Gasteiger partial charge < -0.3 is 4.74 Å². The molecule has 1 rings (SSSR count). The summed E-state index contributed by atoms with van der Waals surface area (Å²) in [5.74, 6) is 0.896. The van der Waals surface area contributed by atoms with Gasteiger partial charge in [0.05, 0.1) is 0 Å². The first-order valence-electron chi connectivity index (χ1n) is 4.49. The zero-order valence-electron chi connectivity index (χ0n) is 8.45. The highest BCUT2D eigenvalue weighted by Crippen LogP contribution is 2.15. The summed E-state index contributed by atoms with van der Waals surface area (Å²) in [5, 5.41) is 0. The van der Waals surface area contributed by atoms with Crippen molar-refractivity contribution in [3.8, 4) is 0 Å². The molecular formula is C12H16O. The fourth-order valence-corrected chi connectivity index (χ4v) is 0.970. The first-order chi connectivity index (χ1) is 6.08. The average molecular weight is 176 g/mol. The van der Waals surface area contributed by atoms with Crippen molar-refractivity contribution in [2.24, 2.45) is 0 Å². The van der Waals surface area contributed by atoms with Crippen LogP contribution in [-0.4, -0.2) is 5.60 Å². The first-order valence-corrected chi connectivity index (χ1v) is 4.49. The van der Waals surface area contributed by atoms with Crippen molar-refractivity contribution in [2.45, 2.75) is 26.4 Å². The van der Waals surface area contributed by atoms with Crippen molar-refractivity contribution in [3.63, 3.8) is 0 Å². The summed E-state index contributed by atoms with van der Waals surface area (Å²) in [6, 6.07) is 0. The van der Waals surface area contributed by atoms with E-state index in [4.69, 9.17) is 4.74 Å². The van der Waals surface area contributed by atoms with Crippen LogP contribution in [0.2, 0.25) is 0 Å². The third kappa shape index (κ3) is 4.36. The normalized spacial score (nSPS) is 27.8. The van der Waals surface area contributed by atoms with Crippen LogP contribution in [0.4, 0.5) is 0 Å². The van der Waals surface area contributed by atoms with Gasteiger partial charge in [-0.1, -0.05) is 30.4 Å². The fraction of sp³-hybridized carbons (Fsp3) is 0.333. The van der Waals surface area contributed by atoms with Crippen LogP contribution >= 0.6 is 0 Å². The molecular weight excluding hydrogens is 160 g/mol. The van der Waals surface area contributed by atoms with Gasteiger partial charge in [-0.05, 0) is 32.9 Å². The molecule has 0 amide bonds. The lowest BCUT2D eigenvalue weighted by atomic mass is 10.2. The minimum atomic E-state index is -0.132. The molecule has 13 heavy (non-hydrogen) atoms. The molecule has 0 spiro atoms. The second kappa shape index (κ2) is 4.13. The molecule has 0 N–H and O–H groups in total. The van der Waals surface area contributed by atoms with Gasteiger partial charge in [-0.15, -0.1) is 0 Å². The minimum Gasteiger partial charge on any atom is -0.488 e. The van der Waals surface area contributed by atoms with E-state index < -0.39 is 0 Å². The van der Waals surface area contributed by atoms with Gasteiger partial charge >= 0.3 is 0 Å². The van der Waals surface area contributed by atoms with E-state index in [1.165, 1.54) is 0 Å². The molecule has 0 aliphatic heterocycles. The Balaban J connectivity index is 2.69. The van der Waals surface area contributed by atoms with E-state index in [-0.39, 0.29) is 5.60 Å². The summed E-state index contributed by atoms with van der Waals surface area (Å²) in [4.78, 5) is 0. The maximum absolute atomic E-state index is 5.70. The molecule has 0 aromatic carbocycles. The van der Waals surface area contributed by atoms with Crippen molar-refractivity contribution in [2.75, 3.05) is 0 Å². The number of hydrogen-bond donors (Lipinski definition) is 0. The van der Waals surface area contributed by atoms with Gasteiger partial charge in [0.15, 0.2) is 0 Å². The van der Waals surface area contributed by atoms with Gasteiger partial charge in [0.1, 0.15) is 11.4 Å². The Labute approximate surface area is 80.1 Å². The zero-order chi connectivity index (χ0) is 9.73. The van der Waals surface area contributed by atoms with Crippen LogP contribution in [-0.2, 0) is 4.74 Å². The topological polar surface area (TPSA) is 9.23 Å². The molecule has 0 radical (unpaired) electrons. The Morgan fingerprint density at radius 1 is 0.923 bits per heavy atom. The summed E-state index contributed by atoms with van der Waals surface area (Å²) in [6.07, 6.45) is 13.8. The largest absolute Gasteiger partial charge is 0.488 e. The molecule has 0 saturated carbocycles. The standard InChI is InChI=1S/C12H16O/c1-12(2,3)13-11-9-7-5-4-6-8-10-11/h4-10H,1-3H3/b5-4-,6-4?,7-5?,8-6-,9-7-,10-8?,11-9?,11-10+. The molecule has 1 aliphatic rings. The molecule has 1 nitrogen and oxygen atoms in total. The van der Waals surface area contributed by atoms with Crippen molar-refractivity contribution in [3.05, 3.63) is 48.3 Å². The van der Waals surface area contributed by atoms with Gasteiger partial charge in [0.25, 0.3) is 0 Å². The van der Waals surface area contributed by atoms with Crippen LogP contribution in [0.3, 0.4) is 0 Å². The van der Waals surface area contributed by atoms with Crippen molar-refractivity contribution >= 4 is 0 Å². The fourth-order valence-electron chi connectivity index (χ4n) is 0.970. The SMILES string of the molecule is CC(C)(C)OC1=C/C=C\C=C/C=C\1. The molecule has 0 saturated heterocycles. The van der Waals surface area contributed by atoms with Crippen LogP contribution in [0.1, 0.15) is 20.8 Å². The summed E-state index contributed by atoms with van der Waals surface area (Å²) in [7, 11) is 0. The monoisotopic (exact) mass is 176 g/mol. The van der Waals surface area contributed by atoms with Crippen molar-refractivity contribution in [1.82, 2.24) is 0 Å². The lowest BCUT2D eigenvalue weighted by Crippen LogP contribution is -2.18. The molecule has 1 aliphatic carbocycles. The van der Waals surface area contributed by atoms with Gasteiger partial charge in [-0.3, -0.25) is 0 Å². The summed E-state index contributed by atoms with van der Waals surface area (Å²) < 4.78 is 5.70. The van der Waals surface area contributed by atoms with E-state index in [2.05, 4.69) is 0 Å². The number of rotatable bonds is 1. The quantitative estimate of drug-likeness (QED) is 0.595. The lowest BCUT2D eigenvalue weighted by molar-refractivity contribution is 0.0600. The second-order valence-corrected chi connectivity index (χ2v) is 3.91. The summed E-state index contributed by atoms with van der Waals surface area (Å²) in [6.45, 7) is 6.12. The Hall–Kier alpha value is -1.24. The Bertz CT molecular complexity index is 272. The van der Waals surface area contributed by atoms with Crippen LogP contribution in [0.15, 0.2) is 48.3 Å². The summed E-state index contributed by atoms with van der Waals surface area (Å²) in [5.41, 5.74) is -0.132. The van der Waals surface area contributed by atoms with Crippen molar-refractivity contribution < 1.29 is 4.74 Å². The third-order valence-corrected chi connectivity index (χ3v) is 1.39. The number of allylic oxidation sites excluding steroid dienone is 7. The predicted octanol–water partition coefficient (Wildman–Crippen LogP) is 3.37. The maximum atomic E-state index is 5.70. The molecule has 0 bridgehead atoms. The maximum Gasteiger partial charge on any atom is 0.120 e. The Morgan fingerprint density at radius 3 is 2.23 bits per heavy atom. The highest BCUT2D eigenvalue weighted by molar-refractivity contribution is 5.27.